The molecule has 1 rings (SSSR count). The Morgan fingerprint density at radius 1 is 1.33 bits per heavy atom. The number of hydrogen-bond donors (Lipinski definition) is 1. The van der Waals surface area contributed by atoms with Crippen LogP contribution in [0.1, 0.15) is 51.7 Å². The third kappa shape index (κ3) is 4.28. The van der Waals surface area contributed by atoms with Gasteiger partial charge in [-0.2, -0.15) is 16.7 Å². The molecule has 4 nitrogen and oxygen atoms in total. The van der Waals surface area contributed by atoms with E-state index in [1.165, 1.54) is 6.42 Å². The SMILES string of the molecule is CCCSCc1noc(C(C(C)C)C(C)NC)n1. The maximum Gasteiger partial charge on any atom is 0.231 e. The van der Waals surface area contributed by atoms with Crippen molar-refractivity contribution in [2.75, 3.05) is 12.8 Å². The molecule has 0 aromatic carbocycles. The van der Waals surface area contributed by atoms with Crippen molar-refractivity contribution < 1.29 is 4.52 Å². The highest BCUT2D eigenvalue weighted by Gasteiger charge is 2.27. The topological polar surface area (TPSA) is 51.0 Å². The Labute approximate surface area is 114 Å². The number of nitrogens with zero attached hydrogens (tertiary/aromatic N) is 2. The normalized spacial score (nSPS) is 15.0. The average molecular weight is 271 g/mol. The second-order valence-corrected chi connectivity index (χ2v) is 6.05. The summed E-state index contributed by atoms with van der Waals surface area (Å²) in [6.45, 7) is 8.71. The van der Waals surface area contributed by atoms with E-state index >= 15 is 0 Å². The first-order valence-corrected chi connectivity index (χ1v) is 7.83. The molecule has 1 N–H and O–H groups in total. The summed E-state index contributed by atoms with van der Waals surface area (Å²) in [7, 11) is 1.97. The number of rotatable bonds is 8. The van der Waals surface area contributed by atoms with Crippen LogP contribution in [0.25, 0.3) is 0 Å². The van der Waals surface area contributed by atoms with Crippen LogP contribution in [-0.4, -0.2) is 29.0 Å². The minimum atomic E-state index is 0.271. The Bertz CT molecular complexity index is 341. The van der Waals surface area contributed by atoms with Crippen molar-refractivity contribution in [1.82, 2.24) is 15.5 Å². The van der Waals surface area contributed by atoms with Crippen molar-refractivity contribution in [3.8, 4) is 0 Å². The Kier molecular flexibility index (Phi) is 6.71. The monoisotopic (exact) mass is 271 g/mol. The van der Waals surface area contributed by atoms with Crippen LogP contribution in [0.5, 0.6) is 0 Å². The smallest absolute Gasteiger partial charge is 0.231 e. The molecule has 1 aromatic heterocycles. The highest BCUT2D eigenvalue weighted by atomic mass is 32.2. The lowest BCUT2D eigenvalue weighted by Crippen LogP contribution is -2.32. The third-order valence-electron chi connectivity index (χ3n) is 3.06. The molecule has 2 unspecified atom stereocenters. The van der Waals surface area contributed by atoms with Gasteiger partial charge in [-0.3, -0.25) is 0 Å². The molecule has 0 aliphatic heterocycles. The van der Waals surface area contributed by atoms with Gasteiger partial charge in [-0.1, -0.05) is 25.9 Å². The summed E-state index contributed by atoms with van der Waals surface area (Å²) in [6, 6.07) is 0.335. The Morgan fingerprint density at radius 2 is 2.06 bits per heavy atom. The fourth-order valence-corrected chi connectivity index (χ4v) is 2.76. The predicted octanol–water partition coefficient (Wildman–Crippen LogP) is 3.06. The van der Waals surface area contributed by atoms with Crippen LogP contribution >= 0.6 is 11.8 Å². The molecule has 0 radical (unpaired) electrons. The van der Waals surface area contributed by atoms with E-state index in [1.807, 2.05) is 18.8 Å². The lowest BCUT2D eigenvalue weighted by atomic mass is 9.89. The minimum absolute atomic E-state index is 0.271. The van der Waals surface area contributed by atoms with E-state index in [0.717, 1.165) is 23.2 Å². The van der Waals surface area contributed by atoms with Crippen molar-refractivity contribution in [3.05, 3.63) is 11.7 Å². The van der Waals surface area contributed by atoms with E-state index in [2.05, 4.69) is 43.2 Å². The first kappa shape index (κ1) is 15.5. The molecule has 1 aromatic rings. The highest BCUT2D eigenvalue weighted by molar-refractivity contribution is 7.98. The van der Waals surface area contributed by atoms with E-state index in [4.69, 9.17) is 4.52 Å². The van der Waals surface area contributed by atoms with Crippen LogP contribution in [0.4, 0.5) is 0 Å². The standard InChI is InChI=1S/C13H25N3OS/c1-6-7-18-8-11-15-13(17-16-11)12(9(2)3)10(4)14-5/h9-10,12,14H,6-8H2,1-5H3. The van der Waals surface area contributed by atoms with Crippen molar-refractivity contribution in [3.63, 3.8) is 0 Å². The number of likely N-dealkylation sites (N-methyl/N-ethyl adjacent to an activating group) is 1. The van der Waals surface area contributed by atoms with Gasteiger partial charge in [-0.05, 0) is 32.1 Å². The molecular formula is C13H25N3OS. The van der Waals surface area contributed by atoms with Crippen molar-refractivity contribution in [2.45, 2.75) is 51.8 Å². The molecule has 18 heavy (non-hydrogen) atoms. The number of thioether (sulfide) groups is 1. The molecule has 0 saturated heterocycles. The number of nitrogens with one attached hydrogen (secondary N) is 1. The first-order chi connectivity index (χ1) is 8.60. The summed E-state index contributed by atoms with van der Waals surface area (Å²) in [6.07, 6.45) is 1.18. The van der Waals surface area contributed by atoms with Gasteiger partial charge < -0.3 is 9.84 Å². The number of aromatic nitrogens is 2. The molecule has 0 bridgehead atoms. The summed E-state index contributed by atoms with van der Waals surface area (Å²) in [5, 5.41) is 7.35. The van der Waals surface area contributed by atoms with Crippen molar-refractivity contribution >= 4 is 11.8 Å². The van der Waals surface area contributed by atoms with Crippen LogP contribution in [0.2, 0.25) is 0 Å². The molecule has 0 saturated carbocycles. The van der Waals surface area contributed by atoms with Crippen LogP contribution in [0.3, 0.4) is 0 Å². The zero-order valence-electron chi connectivity index (χ0n) is 12.1. The zero-order chi connectivity index (χ0) is 13.5. The fraction of sp³-hybridized carbons (Fsp3) is 0.846. The van der Waals surface area contributed by atoms with Crippen LogP contribution < -0.4 is 5.32 Å². The lowest BCUT2D eigenvalue weighted by Gasteiger charge is -2.23. The molecule has 0 fully saturated rings. The average Bonchev–Trinajstić information content (AvgIpc) is 2.77. The van der Waals surface area contributed by atoms with E-state index in [1.54, 1.807) is 0 Å². The van der Waals surface area contributed by atoms with Gasteiger partial charge in [-0.25, -0.2) is 0 Å². The Balaban J connectivity index is 2.69. The van der Waals surface area contributed by atoms with Crippen LogP contribution in [0.15, 0.2) is 4.52 Å². The van der Waals surface area contributed by atoms with Gasteiger partial charge in [0.25, 0.3) is 0 Å². The summed E-state index contributed by atoms with van der Waals surface area (Å²) >= 11 is 1.85. The van der Waals surface area contributed by atoms with Gasteiger partial charge in [0.05, 0.1) is 11.7 Å². The molecule has 0 aliphatic carbocycles. The van der Waals surface area contributed by atoms with E-state index in [9.17, 15) is 0 Å². The largest absolute Gasteiger partial charge is 0.339 e. The van der Waals surface area contributed by atoms with E-state index in [0.29, 0.717) is 12.0 Å². The van der Waals surface area contributed by atoms with Crippen LogP contribution in [0, 0.1) is 5.92 Å². The summed E-state index contributed by atoms with van der Waals surface area (Å²) < 4.78 is 5.43. The highest BCUT2D eigenvalue weighted by Crippen LogP contribution is 2.27. The van der Waals surface area contributed by atoms with Gasteiger partial charge in [0.15, 0.2) is 5.82 Å². The Hall–Kier alpha value is -0.550. The maximum absolute atomic E-state index is 5.43. The van der Waals surface area contributed by atoms with Crippen molar-refractivity contribution in [1.29, 1.82) is 0 Å². The molecule has 104 valence electrons. The third-order valence-corrected chi connectivity index (χ3v) is 4.22. The quantitative estimate of drug-likeness (QED) is 0.736. The second-order valence-electron chi connectivity index (χ2n) is 4.95. The van der Waals surface area contributed by atoms with E-state index < -0.39 is 0 Å². The molecule has 1 heterocycles. The maximum atomic E-state index is 5.43. The molecule has 0 aliphatic rings. The zero-order valence-corrected chi connectivity index (χ0v) is 12.9. The molecule has 5 heteroatoms. The number of hydrogen-bond acceptors (Lipinski definition) is 5. The lowest BCUT2D eigenvalue weighted by molar-refractivity contribution is 0.285. The molecule has 2 atom stereocenters. The van der Waals surface area contributed by atoms with Gasteiger partial charge in [0, 0.05) is 6.04 Å². The van der Waals surface area contributed by atoms with Gasteiger partial charge in [0.1, 0.15) is 0 Å². The van der Waals surface area contributed by atoms with Gasteiger partial charge in [-0.15, -0.1) is 0 Å². The molecule has 0 amide bonds. The summed E-state index contributed by atoms with van der Waals surface area (Å²) in [5.41, 5.74) is 0. The van der Waals surface area contributed by atoms with Gasteiger partial charge >= 0.3 is 0 Å². The minimum Gasteiger partial charge on any atom is -0.339 e. The first-order valence-electron chi connectivity index (χ1n) is 6.67. The molecule has 0 spiro atoms. The van der Waals surface area contributed by atoms with Crippen molar-refractivity contribution in [2.24, 2.45) is 5.92 Å². The van der Waals surface area contributed by atoms with E-state index in [-0.39, 0.29) is 5.92 Å². The summed E-state index contributed by atoms with van der Waals surface area (Å²) in [4.78, 5) is 4.53. The summed E-state index contributed by atoms with van der Waals surface area (Å²) in [5.74, 6) is 4.31. The molecular weight excluding hydrogens is 246 g/mol. The second kappa shape index (κ2) is 7.79. The fourth-order valence-electron chi connectivity index (χ4n) is 2.03. The van der Waals surface area contributed by atoms with Gasteiger partial charge in [0.2, 0.25) is 5.89 Å². The Morgan fingerprint density at radius 3 is 2.61 bits per heavy atom. The van der Waals surface area contributed by atoms with Crippen LogP contribution in [-0.2, 0) is 5.75 Å². The predicted molar refractivity (Wildman–Crippen MR) is 76.9 cm³/mol.